The van der Waals surface area contributed by atoms with Crippen LogP contribution in [0, 0.1) is 5.41 Å². The molecular weight excluding hydrogens is 435 g/mol. The summed E-state index contributed by atoms with van der Waals surface area (Å²) in [5.74, 6) is -3.31. The van der Waals surface area contributed by atoms with E-state index in [1.807, 2.05) is 18.2 Å². The number of halogens is 1. The zero-order valence-corrected chi connectivity index (χ0v) is 20.7. The summed E-state index contributed by atoms with van der Waals surface area (Å²) in [6.45, 7) is 7.77. The number of ether oxygens (including phenoxy) is 2. The summed E-state index contributed by atoms with van der Waals surface area (Å²) in [5, 5.41) is 3.48. The van der Waals surface area contributed by atoms with Crippen molar-refractivity contribution in [3.8, 4) is 0 Å². The van der Waals surface area contributed by atoms with Crippen LogP contribution in [0.25, 0.3) is 0 Å². The van der Waals surface area contributed by atoms with E-state index in [1.54, 1.807) is 0 Å². The summed E-state index contributed by atoms with van der Waals surface area (Å²) in [4.78, 5) is 0. The topological polar surface area (TPSA) is 18.5 Å². The minimum absolute atomic E-state index is 0.0422. The Kier molecular flexibility index (Phi) is 6.61. The van der Waals surface area contributed by atoms with E-state index >= 15 is 0 Å². The molecule has 0 saturated carbocycles. The molecular formula is C28H32ClO2P. The average Bonchev–Trinajstić information content (AvgIpc) is 2.84. The molecule has 0 N–H and O–H groups in total. The molecule has 3 aromatic rings. The summed E-state index contributed by atoms with van der Waals surface area (Å²) in [6, 6.07) is 31.6. The van der Waals surface area contributed by atoms with Gasteiger partial charge < -0.3 is 0 Å². The van der Waals surface area contributed by atoms with Crippen LogP contribution in [0.15, 0.2) is 103 Å². The molecule has 0 bridgehead atoms. The van der Waals surface area contributed by atoms with Crippen LogP contribution in [0.2, 0.25) is 0 Å². The van der Waals surface area contributed by atoms with Gasteiger partial charge in [-0.3, -0.25) is 0 Å². The normalized spacial score (nSPS) is 18.6. The van der Waals surface area contributed by atoms with E-state index in [2.05, 4.69) is 99.6 Å². The molecule has 0 spiro atoms. The Morgan fingerprint density at radius 1 is 0.812 bits per heavy atom. The van der Waals surface area contributed by atoms with Gasteiger partial charge in [-0.2, -0.15) is 0 Å². The predicted molar refractivity (Wildman–Crippen MR) is 139 cm³/mol. The third kappa shape index (κ3) is 4.30. The first-order chi connectivity index (χ1) is 15.3. The summed E-state index contributed by atoms with van der Waals surface area (Å²) >= 11 is 8.11. The van der Waals surface area contributed by atoms with Gasteiger partial charge in [-0.25, -0.2) is 0 Å². The molecule has 168 valence electrons. The van der Waals surface area contributed by atoms with Crippen molar-refractivity contribution in [2.24, 2.45) is 5.41 Å². The van der Waals surface area contributed by atoms with Gasteiger partial charge in [0.2, 0.25) is 0 Å². The van der Waals surface area contributed by atoms with E-state index in [-0.39, 0.29) is 11.7 Å². The molecule has 0 amide bonds. The van der Waals surface area contributed by atoms with Gasteiger partial charge in [0, 0.05) is 0 Å². The quantitative estimate of drug-likeness (QED) is 0.327. The van der Waals surface area contributed by atoms with Crippen molar-refractivity contribution in [3.05, 3.63) is 103 Å². The van der Waals surface area contributed by atoms with Gasteiger partial charge in [-0.1, -0.05) is 0 Å². The summed E-state index contributed by atoms with van der Waals surface area (Å²) in [7, 11) is 0. The van der Waals surface area contributed by atoms with Crippen LogP contribution in [0.1, 0.15) is 20.8 Å². The van der Waals surface area contributed by atoms with E-state index in [0.29, 0.717) is 19.4 Å². The molecule has 0 radical (unpaired) electrons. The standard InChI is InChI=1S/C28H32ClO2P/c1-23(27-30-21-28(2,3)22-31-27)19-20-32(29,24-13-7-4-8-14-24,25-15-9-5-10-16-25)26-17-11-6-12-18-26/h4-19,27H,20-22H2,1-3H3/b23-19+. The third-order valence-electron chi connectivity index (χ3n) is 6.26. The van der Waals surface area contributed by atoms with E-state index in [1.165, 1.54) is 0 Å². The Morgan fingerprint density at radius 2 is 1.19 bits per heavy atom. The number of benzene rings is 3. The van der Waals surface area contributed by atoms with Crippen LogP contribution in [0.5, 0.6) is 0 Å². The van der Waals surface area contributed by atoms with Crippen molar-refractivity contribution in [3.63, 3.8) is 0 Å². The van der Waals surface area contributed by atoms with Crippen molar-refractivity contribution < 1.29 is 9.47 Å². The molecule has 2 nitrogen and oxygen atoms in total. The van der Waals surface area contributed by atoms with E-state index < -0.39 is 5.96 Å². The second-order valence-corrected chi connectivity index (χ2v) is 16.0. The molecule has 3 aromatic carbocycles. The van der Waals surface area contributed by atoms with Gasteiger partial charge in [0.05, 0.1) is 0 Å². The van der Waals surface area contributed by atoms with Crippen LogP contribution >= 0.6 is 17.2 Å². The molecule has 1 aliphatic heterocycles. The van der Waals surface area contributed by atoms with Crippen molar-refractivity contribution in [2.45, 2.75) is 27.1 Å². The van der Waals surface area contributed by atoms with Crippen LogP contribution in [0.4, 0.5) is 0 Å². The maximum atomic E-state index is 8.11. The van der Waals surface area contributed by atoms with E-state index in [9.17, 15) is 0 Å². The molecule has 1 aliphatic rings. The third-order valence-corrected chi connectivity index (χ3v) is 13.4. The van der Waals surface area contributed by atoms with Crippen LogP contribution in [0.3, 0.4) is 0 Å². The van der Waals surface area contributed by atoms with Gasteiger partial charge >= 0.3 is 197 Å². The van der Waals surface area contributed by atoms with Gasteiger partial charge in [-0.15, -0.1) is 0 Å². The molecule has 0 aliphatic carbocycles. The zero-order valence-electron chi connectivity index (χ0n) is 19.1. The fraction of sp³-hybridized carbons (Fsp3) is 0.286. The van der Waals surface area contributed by atoms with E-state index in [0.717, 1.165) is 21.5 Å². The summed E-state index contributed by atoms with van der Waals surface area (Å²) in [5.41, 5.74) is 1.11. The number of hydrogen-bond donors (Lipinski definition) is 0. The Hall–Kier alpha value is -1.96. The van der Waals surface area contributed by atoms with Crippen molar-refractivity contribution in [1.29, 1.82) is 0 Å². The predicted octanol–water partition coefficient (Wildman–Crippen LogP) is 6.02. The number of rotatable bonds is 6. The second-order valence-electron chi connectivity index (χ2n) is 9.44. The molecule has 1 fully saturated rings. The molecule has 32 heavy (non-hydrogen) atoms. The molecule has 0 atom stereocenters. The SMILES string of the molecule is C/C(=C\CP(Cl)(c1ccccc1)(c1ccccc1)c1ccccc1)C1OCC(C)(C)CO1. The van der Waals surface area contributed by atoms with Crippen LogP contribution < -0.4 is 15.9 Å². The first-order valence-electron chi connectivity index (χ1n) is 11.1. The Morgan fingerprint density at radius 3 is 1.56 bits per heavy atom. The van der Waals surface area contributed by atoms with Crippen LogP contribution in [-0.2, 0) is 9.47 Å². The first kappa shape index (κ1) is 23.2. The van der Waals surface area contributed by atoms with Gasteiger partial charge in [0.15, 0.2) is 0 Å². The summed E-state index contributed by atoms with van der Waals surface area (Å²) in [6.07, 6.45) is 2.60. The van der Waals surface area contributed by atoms with Crippen molar-refractivity contribution >= 4 is 33.1 Å². The minimum atomic E-state index is -3.31. The molecule has 4 rings (SSSR count). The maximum absolute atomic E-state index is 8.11. The van der Waals surface area contributed by atoms with Gasteiger partial charge in [0.1, 0.15) is 0 Å². The number of hydrogen-bond acceptors (Lipinski definition) is 2. The molecule has 0 unspecified atom stereocenters. The average molecular weight is 467 g/mol. The van der Waals surface area contributed by atoms with Crippen LogP contribution in [-0.4, -0.2) is 25.7 Å². The second kappa shape index (κ2) is 9.12. The molecule has 1 saturated heterocycles. The molecule has 0 aromatic heterocycles. The summed E-state index contributed by atoms with van der Waals surface area (Å²) < 4.78 is 12.1. The fourth-order valence-electron chi connectivity index (χ4n) is 4.35. The monoisotopic (exact) mass is 466 g/mol. The van der Waals surface area contributed by atoms with E-state index in [4.69, 9.17) is 20.7 Å². The molecule has 1 heterocycles. The Bertz CT molecular complexity index is 955. The zero-order chi connectivity index (χ0) is 22.7. The number of allylic oxidation sites excluding steroid dienone is 1. The van der Waals surface area contributed by atoms with Crippen molar-refractivity contribution in [1.82, 2.24) is 0 Å². The first-order valence-corrected chi connectivity index (χ1v) is 14.5. The fourth-order valence-corrected chi connectivity index (χ4v) is 10.1. The van der Waals surface area contributed by atoms with Gasteiger partial charge in [-0.05, 0) is 0 Å². The van der Waals surface area contributed by atoms with Crippen molar-refractivity contribution in [2.75, 3.05) is 19.4 Å². The molecule has 4 heteroatoms. The van der Waals surface area contributed by atoms with Gasteiger partial charge in [0.25, 0.3) is 0 Å². The Labute approximate surface area is 196 Å². The Balaban J connectivity index is 1.85.